The number of hydrogen-bond acceptors (Lipinski definition) is 6. The minimum Gasteiger partial charge on any atom is -0.394 e. The van der Waals surface area contributed by atoms with Gasteiger partial charge in [-0.3, -0.25) is 29.0 Å². The van der Waals surface area contributed by atoms with Crippen LogP contribution in [0.2, 0.25) is 0 Å². The summed E-state index contributed by atoms with van der Waals surface area (Å²) in [7, 11) is 0. The fourth-order valence-corrected chi connectivity index (χ4v) is 5.85. The molecule has 2 aliphatic rings. The zero-order valence-corrected chi connectivity index (χ0v) is 25.4. The normalized spacial score (nSPS) is 14.7. The molecule has 0 saturated carbocycles. The summed E-state index contributed by atoms with van der Waals surface area (Å²) in [4.78, 5) is 53.0. The second-order valence-corrected chi connectivity index (χ2v) is 11.1. The first-order valence-electron chi connectivity index (χ1n) is 15.3. The fraction of sp³-hybridized carbons (Fsp3) is 0.128. The summed E-state index contributed by atoms with van der Waals surface area (Å²) in [5, 5.41) is 9.61. The van der Waals surface area contributed by atoms with Crippen LogP contribution in [0.5, 0.6) is 0 Å². The molecule has 0 fully saturated rings. The SMILES string of the molecule is O=C1c2ccccc2C(=O)N1[C@@H](CO)c1ccccc1.O=C1c2ccccc2C(=O)N1[C@@H](COCc1ccccc1)c1ccccc1. The zero-order valence-electron chi connectivity index (χ0n) is 25.4. The monoisotopic (exact) mass is 624 g/mol. The number of carbonyl (C=O) groups is 4. The van der Waals surface area contributed by atoms with Crippen molar-refractivity contribution in [1.29, 1.82) is 0 Å². The number of imide groups is 2. The molecule has 0 aromatic heterocycles. The average Bonchev–Trinajstić information content (AvgIpc) is 3.53. The molecule has 0 saturated heterocycles. The van der Waals surface area contributed by atoms with E-state index in [-0.39, 0.29) is 36.8 Å². The van der Waals surface area contributed by atoms with E-state index in [0.717, 1.165) is 21.6 Å². The van der Waals surface area contributed by atoms with Crippen LogP contribution in [0.1, 0.15) is 70.2 Å². The lowest BCUT2D eigenvalue weighted by atomic mass is 10.1. The first-order chi connectivity index (χ1) is 23.0. The van der Waals surface area contributed by atoms with Gasteiger partial charge in [0.2, 0.25) is 0 Å². The quantitative estimate of drug-likeness (QED) is 0.194. The van der Waals surface area contributed by atoms with Crippen molar-refractivity contribution in [3.8, 4) is 0 Å². The summed E-state index contributed by atoms with van der Waals surface area (Å²) >= 11 is 0. The molecule has 8 nitrogen and oxygen atoms in total. The molecular weight excluding hydrogens is 592 g/mol. The Hall–Kier alpha value is -5.70. The maximum Gasteiger partial charge on any atom is 0.262 e. The molecule has 0 bridgehead atoms. The van der Waals surface area contributed by atoms with E-state index >= 15 is 0 Å². The van der Waals surface area contributed by atoms with Gasteiger partial charge in [0.05, 0.1) is 54.2 Å². The van der Waals surface area contributed by atoms with Crippen molar-refractivity contribution in [3.05, 3.63) is 178 Å². The third-order valence-corrected chi connectivity index (χ3v) is 8.20. The van der Waals surface area contributed by atoms with E-state index in [1.807, 2.05) is 78.9 Å². The van der Waals surface area contributed by atoms with Crippen molar-refractivity contribution in [3.63, 3.8) is 0 Å². The lowest BCUT2D eigenvalue weighted by molar-refractivity contribution is 0.0359. The van der Waals surface area contributed by atoms with Crippen LogP contribution in [0, 0.1) is 0 Å². The third-order valence-electron chi connectivity index (χ3n) is 8.20. The summed E-state index contributed by atoms with van der Waals surface area (Å²) in [6, 6.07) is 41.0. The number of rotatable bonds is 9. The van der Waals surface area contributed by atoms with E-state index in [2.05, 4.69) is 0 Å². The van der Waals surface area contributed by atoms with Gasteiger partial charge in [-0.1, -0.05) is 115 Å². The van der Waals surface area contributed by atoms with Gasteiger partial charge in [-0.15, -0.1) is 0 Å². The predicted octanol–water partition coefficient (Wildman–Crippen LogP) is 6.26. The summed E-state index contributed by atoms with van der Waals surface area (Å²) in [5.41, 5.74) is 4.35. The summed E-state index contributed by atoms with van der Waals surface area (Å²) in [5.74, 6) is -1.25. The van der Waals surface area contributed by atoms with Crippen molar-refractivity contribution < 1.29 is 29.0 Å². The molecule has 8 heteroatoms. The molecule has 2 atom stereocenters. The van der Waals surface area contributed by atoms with Crippen LogP contribution >= 0.6 is 0 Å². The Balaban J connectivity index is 0.000000172. The standard InChI is InChI=1S/C23H19NO3.C16H13NO3/c25-22-19-13-7-8-14-20(19)23(26)24(22)21(18-11-5-2-6-12-18)16-27-15-17-9-3-1-4-10-17;18-10-14(11-6-2-1-3-7-11)17-15(19)12-8-4-5-9-13(12)16(17)20/h1-14,21H,15-16H2;1-9,14,18H,10H2/t21-;14-/m00/s1. The van der Waals surface area contributed by atoms with Gasteiger partial charge in [0, 0.05) is 0 Å². The number of fused-ring (bicyclic) bond motifs is 2. The molecule has 234 valence electrons. The van der Waals surface area contributed by atoms with Crippen molar-refractivity contribution in [2.45, 2.75) is 18.7 Å². The molecule has 5 aromatic rings. The van der Waals surface area contributed by atoms with E-state index in [1.54, 1.807) is 60.7 Å². The van der Waals surface area contributed by atoms with Crippen molar-refractivity contribution in [2.75, 3.05) is 13.2 Å². The molecule has 5 aromatic carbocycles. The molecule has 2 heterocycles. The van der Waals surface area contributed by atoms with E-state index < -0.39 is 12.1 Å². The predicted molar refractivity (Wildman–Crippen MR) is 175 cm³/mol. The molecule has 0 spiro atoms. The maximum absolute atomic E-state index is 12.9. The van der Waals surface area contributed by atoms with Gasteiger partial charge in [-0.25, -0.2) is 0 Å². The number of benzene rings is 5. The van der Waals surface area contributed by atoms with Gasteiger partial charge in [0.25, 0.3) is 23.6 Å². The molecule has 0 radical (unpaired) electrons. The Morgan fingerprint density at radius 2 is 0.809 bits per heavy atom. The highest BCUT2D eigenvalue weighted by Crippen LogP contribution is 2.33. The van der Waals surface area contributed by atoms with Crippen LogP contribution in [0.3, 0.4) is 0 Å². The van der Waals surface area contributed by atoms with E-state index in [0.29, 0.717) is 28.9 Å². The van der Waals surface area contributed by atoms with Gasteiger partial charge in [-0.2, -0.15) is 0 Å². The molecule has 7 rings (SSSR count). The van der Waals surface area contributed by atoms with Gasteiger partial charge in [0.15, 0.2) is 0 Å². The number of aliphatic hydroxyl groups is 1. The summed E-state index contributed by atoms with van der Waals surface area (Å²) in [6.45, 7) is 0.368. The zero-order chi connectivity index (χ0) is 32.8. The van der Waals surface area contributed by atoms with Crippen molar-refractivity contribution >= 4 is 23.6 Å². The number of carbonyl (C=O) groups excluding carboxylic acids is 4. The fourth-order valence-electron chi connectivity index (χ4n) is 5.85. The number of amides is 4. The lowest BCUT2D eigenvalue weighted by Crippen LogP contribution is -2.36. The Bertz CT molecular complexity index is 1830. The molecule has 47 heavy (non-hydrogen) atoms. The highest BCUT2D eigenvalue weighted by molar-refractivity contribution is 6.22. The number of ether oxygens (including phenoxy) is 1. The Morgan fingerprint density at radius 1 is 0.468 bits per heavy atom. The van der Waals surface area contributed by atoms with E-state index in [4.69, 9.17) is 4.74 Å². The number of nitrogens with zero attached hydrogens (tertiary/aromatic N) is 2. The second-order valence-electron chi connectivity index (χ2n) is 11.1. The van der Waals surface area contributed by atoms with Crippen molar-refractivity contribution in [1.82, 2.24) is 9.80 Å². The summed E-state index contributed by atoms with van der Waals surface area (Å²) < 4.78 is 5.90. The van der Waals surface area contributed by atoms with E-state index in [9.17, 15) is 24.3 Å². The van der Waals surface area contributed by atoms with Gasteiger partial charge in [-0.05, 0) is 41.0 Å². The molecule has 0 unspecified atom stereocenters. The Labute approximate surface area is 272 Å². The minimum absolute atomic E-state index is 0.240. The summed E-state index contributed by atoms with van der Waals surface area (Å²) in [6.07, 6.45) is 0. The van der Waals surface area contributed by atoms with Crippen LogP contribution < -0.4 is 0 Å². The highest BCUT2D eigenvalue weighted by atomic mass is 16.5. The third kappa shape index (κ3) is 6.37. The van der Waals surface area contributed by atoms with E-state index in [1.165, 1.54) is 4.90 Å². The first-order valence-corrected chi connectivity index (χ1v) is 15.3. The largest absolute Gasteiger partial charge is 0.394 e. The first kappa shape index (κ1) is 31.3. The Morgan fingerprint density at radius 3 is 1.21 bits per heavy atom. The molecule has 1 N–H and O–H groups in total. The average molecular weight is 625 g/mol. The highest BCUT2D eigenvalue weighted by Gasteiger charge is 2.41. The van der Waals surface area contributed by atoms with Crippen LogP contribution in [0.4, 0.5) is 0 Å². The van der Waals surface area contributed by atoms with Gasteiger partial charge >= 0.3 is 0 Å². The number of aliphatic hydroxyl groups excluding tert-OH is 1. The molecule has 0 aliphatic carbocycles. The number of hydrogen-bond donors (Lipinski definition) is 1. The smallest absolute Gasteiger partial charge is 0.262 e. The Kier molecular flexibility index (Phi) is 9.43. The van der Waals surface area contributed by atoms with Crippen LogP contribution in [-0.2, 0) is 11.3 Å². The van der Waals surface area contributed by atoms with Gasteiger partial charge in [0.1, 0.15) is 0 Å². The second kappa shape index (κ2) is 14.2. The molecule has 2 aliphatic heterocycles. The lowest BCUT2D eigenvalue weighted by Gasteiger charge is -2.26. The van der Waals surface area contributed by atoms with Crippen LogP contribution in [0.25, 0.3) is 0 Å². The van der Waals surface area contributed by atoms with Crippen LogP contribution in [-0.4, -0.2) is 51.7 Å². The topological polar surface area (TPSA) is 104 Å². The van der Waals surface area contributed by atoms with Crippen molar-refractivity contribution in [2.24, 2.45) is 0 Å². The molecule has 4 amide bonds. The van der Waals surface area contributed by atoms with Gasteiger partial charge < -0.3 is 9.84 Å². The molecular formula is C39H32N2O6. The maximum atomic E-state index is 12.9. The minimum atomic E-state index is -0.649. The van der Waals surface area contributed by atoms with Crippen LogP contribution in [0.15, 0.2) is 140 Å².